The highest BCUT2D eigenvalue weighted by molar-refractivity contribution is 9.10. The topological polar surface area (TPSA) is 55.1 Å². The summed E-state index contributed by atoms with van der Waals surface area (Å²) < 4.78 is 1.18. The van der Waals surface area contributed by atoms with Crippen molar-refractivity contribution in [1.29, 1.82) is 0 Å². The SMILES string of the molecule is NC(=O)C1(C[C@@H]2CNC[C@H]2Cc2ccccc2Br)CC1. The van der Waals surface area contributed by atoms with Crippen LogP contribution in [-0.2, 0) is 11.2 Å². The van der Waals surface area contributed by atoms with Gasteiger partial charge in [0, 0.05) is 9.89 Å². The standard InChI is InChI=1S/C16H21BrN2O/c17-14-4-2-1-3-11(14)7-12-9-19-10-13(12)8-16(5-6-16)15(18)20/h1-4,12-13,19H,5-10H2,(H2,18,20)/t12-,13-/m1/s1. The molecule has 1 heterocycles. The molecule has 0 unspecified atom stereocenters. The van der Waals surface area contributed by atoms with Gasteiger partial charge in [0.15, 0.2) is 0 Å². The molecule has 1 aromatic carbocycles. The Labute approximate surface area is 128 Å². The van der Waals surface area contributed by atoms with E-state index in [1.807, 2.05) is 6.07 Å². The van der Waals surface area contributed by atoms with E-state index < -0.39 is 0 Å². The van der Waals surface area contributed by atoms with Crippen LogP contribution in [0.3, 0.4) is 0 Å². The van der Waals surface area contributed by atoms with Crippen LogP contribution < -0.4 is 11.1 Å². The van der Waals surface area contributed by atoms with Gasteiger partial charge in [0.05, 0.1) is 0 Å². The molecule has 4 heteroatoms. The van der Waals surface area contributed by atoms with Crippen molar-refractivity contribution in [2.75, 3.05) is 13.1 Å². The van der Waals surface area contributed by atoms with E-state index in [-0.39, 0.29) is 11.3 Å². The van der Waals surface area contributed by atoms with Crippen LogP contribution in [0.15, 0.2) is 28.7 Å². The number of hydrogen-bond donors (Lipinski definition) is 2. The number of carbonyl (C=O) groups excluding carboxylic acids is 1. The van der Waals surface area contributed by atoms with Crippen molar-refractivity contribution < 1.29 is 4.79 Å². The predicted octanol–water partition coefficient (Wildman–Crippen LogP) is 2.48. The van der Waals surface area contributed by atoms with E-state index in [0.717, 1.165) is 38.8 Å². The molecule has 2 fully saturated rings. The van der Waals surface area contributed by atoms with Gasteiger partial charge >= 0.3 is 0 Å². The Bertz CT molecular complexity index is 513. The van der Waals surface area contributed by atoms with Gasteiger partial charge in [-0.3, -0.25) is 4.79 Å². The van der Waals surface area contributed by atoms with Crippen molar-refractivity contribution in [3.8, 4) is 0 Å². The molecule has 3 rings (SSSR count). The number of nitrogens with one attached hydrogen (secondary N) is 1. The Hall–Kier alpha value is -0.870. The smallest absolute Gasteiger partial charge is 0.223 e. The first-order valence-corrected chi connectivity index (χ1v) is 8.14. The second-order valence-electron chi connectivity index (χ2n) is 6.32. The Morgan fingerprint density at radius 3 is 2.65 bits per heavy atom. The van der Waals surface area contributed by atoms with Gasteiger partial charge in [-0.1, -0.05) is 34.1 Å². The van der Waals surface area contributed by atoms with Gasteiger partial charge in [0.1, 0.15) is 0 Å². The van der Waals surface area contributed by atoms with Crippen LogP contribution in [0.4, 0.5) is 0 Å². The molecule has 2 aliphatic rings. The fraction of sp³-hybridized carbons (Fsp3) is 0.562. The third kappa shape index (κ3) is 2.77. The maximum absolute atomic E-state index is 11.6. The molecule has 1 aliphatic carbocycles. The predicted molar refractivity (Wildman–Crippen MR) is 83.2 cm³/mol. The summed E-state index contributed by atoms with van der Waals surface area (Å²) in [4.78, 5) is 11.6. The van der Waals surface area contributed by atoms with Gasteiger partial charge in [0.25, 0.3) is 0 Å². The Balaban J connectivity index is 1.67. The zero-order valence-electron chi connectivity index (χ0n) is 11.6. The van der Waals surface area contributed by atoms with Crippen LogP contribution >= 0.6 is 15.9 Å². The second kappa shape index (κ2) is 5.49. The number of nitrogens with two attached hydrogens (primary N) is 1. The lowest BCUT2D eigenvalue weighted by Crippen LogP contribution is -2.29. The lowest BCUT2D eigenvalue weighted by atomic mass is 9.82. The molecule has 20 heavy (non-hydrogen) atoms. The summed E-state index contributed by atoms with van der Waals surface area (Å²) in [6.45, 7) is 2.06. The number of carbonyl (C=O) groups is 1. The molecule has 3 nitrogen and oxygen atoms in total. The van der Waals surface area contributed by atoms with Gasteiger partial charge in [-0.15, -0.1) is 0 Å². The van der Waals surface area contributed by atoms with Crippen molar-refractivity contribution in [3.05, 3.63) is 34.3 Å². The lowest BCUT2D eigenvalue weighted by molar-refractivity contribution is -0.123. The second-order valence-corrected chi connectivity index (χ2v) is 7.18. The lowest BCUT2D eigenvalue weighted by Gasteiger charge is -2.22. The molecule has 1 amide bonds. The minimum Gasteiger partial charge on any atom is -0.369 e. The Morgan fingerprint density at radius 1 is 1.30 bits per heavy atom. The first-order valence-electron chi connectivity index (χ1n) is 7.35. The van der Waals surface area contributed by atoms with Crippen LogP contribution in [0.5, 0.6) is 0 Å². The zero-order valence-corrected chi connectivity index (χ0v) is 13.2. The molecule has 0 radical (unpaired) electrons. The summed E-state index contributed by atoms with van der Waals surface area (Å²) in [7, 11) is 0. The van der Waals surface area contributed by atoms with Gasteiger partial charge in [-0.05, 0) is 62.2 Å². The molecular weight excluding hydrogens is 316 g/mol. The largest absolute Gasteiger partial charge is 0.369 e. The average molecular weight is 337 g/mol. The molecule has 1 aromatic rings. The number of benzene rings is 1. The molecular formula is C16H21BrN2O. The minimum atomic E-state index is -0.178. The van der Waals surface area contributed by atoms with Crippen LogP contribution in [0.1, 0.15) is 24.8 Å². The molecule has 108 valence electrons. The van der Waals surface area contributed by atoms with E-state index >= 15 is 0 Å². The fourth-order valence-corrected chi connectivity index (χ4v) is 3.86. The first-order chi connectivity index (χ1) is 9.61. The van der Waals surface area contributed by atoms with E-state index in [0.29, 0.717) is 11.8 Å². The maximum Gasteiger partial charge on any atom is 0.223 e. The van der Waals surface area contributed by atoms with Crippen molar-refractivity contribution in [1.82, 2.24) is 5.32 Å². The number of hydrogen-bond acceptors (Lipinski definition) is 2. The molecule has 1 aliphatic heterocycles. The molecule has 1 saturated carbocycles. The van der Waals surface area contributed by atoms with E-state index in [1.54, 1.807) is 0 Å². The number of halogens is 1. The highest BCUT2D eigenvalue weighted by Gasteiger charge is 2.50. The quantitative estimate of drug-likeness (QED) is 0.867. The third-order valence-electron chi connectivity index (χ3n) is 4.95. The summed E-state index contributed by atoms with van der Waals surface area (Å²) >= 11 is 3.63. The summed E-state index contributed by atoms with van der Waals surface area (Å²) in [5, 5.41) is 3.48. The molecule has 0 aromatic heterocycles. The summed E-state index contributed by atoms with van der Waals surface area (Å²) in [5.74, 6) is 1.08. The van der Waals surface area contributed by atoms with E-state index in [9.17, 15) is 4.79 Å². The normalized spacial score (nSPS) is 27.4. The van der Waals surface area contributed by atoms with Gasteiger partial charge < -0.3 is 11.1 Å². The van der Waals surface area contributed by atoms with E-state index in [1.165, 1.54) is 10.0 Å². The highest BCUT2D eigenvalue weighted by atomic mass is 79.9. The Morgan fingerprint density at radius 2 is 2.00 bits per heavy atom. The third-order valence-corrected chi connectivity index (χ3v) is 5.72. The van der Waals surface area contributed by atoms with Gasteiger partial charge in [0.2, 0.25) is 5.91 Å². The van der Waals surface area contributed by atoms with Crippen LogP contribution in [0, 0.1) is 17.3 Å². The summed E-state index contributed by atoms with van der Waals surface area (Å²) in [5.41, 5.74) is 6.75. The zero-order chi connectivity index (χ0) is 14.2. The maximum atomic E-state index is 11.6. The van der Waals surface area contributed by atoms with E-state index in [4.69, 9.17) is 5.73 Å². The highest BCUT2D eigenvalue weighted by Crippen LogP contribution is 2.52. The van der Waals surface area contributed by atoms with Crippen molar-refractivity contribution in [2.45, 2.75) is 25.7 Å². The van der Waals surface area contributed by atoms with Crippen molar-refractivity contribution in [3.63, 3.8) is 0 Å². The number of rotatable bonds is 5. The minimum absolute atomic E-state index is 0.0935. The van der Waals surface area contributed by atoms with Crippen molar-refractivity contribution >= 4 is 21.8 Å². The van der Waals surface area contributed by atoms with Gasteiger partial charge in [-0.25, -0.2) is 0 Å². The molecule has 3 N–H and O–H groups in total. The number of amides is 1. The van der Waals surface area contributed by atoms with E-state index in [2.05, 4.69) is 39.4 Å². The van der Waals surface area contributed by atoms with Gasteiger partial charge in [-0.2, -0.15) is 0 Å². The molecule has 0 bridgehead atoms. The Kier molecular flexibility index (Phi) is 3.87. The fourth-order valence-electron chi connectivity index (χ4n) is 3.42. The first kappa shape index (κ1) is 14.1. The average Bonchev–Trinajstić information content (AvgIpc) is 3.08. The summed E-state index contributed by atoms with van der Waals surface area (Å²) in [6.07, 6.45) is 4.00. The summed E-state index contributed by atoms with van der Waals surface area (Å²) in [6, 6.07) is 8.41. The molecule has 1 saturated heterocycles. The van der Waals surface area contributed by atoms with Crippen LogP contribution in [-0.4, -0.2) is 19.0 Å². The molecule has 0 spiro atoms. The molecule has 2 atom stereocenters. The van der Waals surface area contributed by atoms with Crippen LogP contribution in [0.25, 0.3) is 0 Å². The van der Waals surface area contributed by atoms with Crippen LogP contribution in [0.2, 0.25) is 0 Å². The van der Waals surface area contributed by atoms with Crippen molar-refractivity contribution in [2.24, 2.45) is 23.0 Å². The number of primary amides is 1. The monoisotopic (exact) mass is 336 g/mol.